The number of benzene rings is 1. The van der Waals surface area contributed by atoms with Gasteiger partial charge in [0.15, 0.2) is 0 Å². The molecule has 0 aliphatic heterocycles. The van der Waals surface area contributed by atoms with Crippen LogP contribution in [0.4, 0.5) is 13.2 Å². The Hall–Kier alpha value is -2.16. The van der Waals surface area contributed by atoms with Crippen molar-refractivity contribution in [2.24, 2.45) is 5.10 Å². The number of ether oxygens (including phenoxy) is 1. The third kappa shape index (κ3) is 3.05. The van der Waals surface area contributed by atoms with Gasteiger partial charge in [-0.15, -0.1) is 5.10 Å². The van der Waals surface area contributed by atoms with E-state index in [0.29, 0.717) is 16.0 Å². The van der Waals surface area contributed by atoms with Crippen molar-refractivity contribution in [3.63, 3.8) is 0 Å². The highest BCUT2D eigenvalue weighted by molar-refractivity contribution is 7.71. The number of aromatic amines is 1. The molecule has 1 aromatic heterocycles. The topological polar surface area (TPSA) is 55.2 Å². The number of aromatic nitrogens is 3. The number of nitrogens with one attached hydrogen (secondary N) is 1. The van der Waals surface area contributed by atoms with Gasteiger partial charge in [0.2, 0.25) is 4.77 Å². The van der Waals surface area contributed by atoms with E-state index in [1.807, 2.05) is 0 Å². The van der Waals surface area contributed by atoms with Gasteiger partial charge in [-0.25, -0.2) is 5.10 Å². The first kappa shape index (κ1) is 14.3. The Labute approximate surface area is 116 Å². The van der Waals surface area contributed by atoms with E-state index in [4.69, 9.17) is 17.0 Å². The lowest BCUT2D eigenvalue weighted by atomic mass is 10.2. The summed E-state index contributed by atoms with van der Waals surface area (Å²) in [5.74, 6) is -0.565. The molecule has 0 saturated heterocycles. The maximum atomic E-state index is 12.6. The predicted molar refractivity (Wildman–Crippen MR) is 68.4 cm³/mol. The number of methoxy groups -OCH3 is 1. The minimum absolute atomic E-state index is 0.234. The highest BCUT2D eigenvalue weighted by atomic mass is 32.1. The zero-order chi connectivity index (χ0) is 14.8. The fraction of sp³-hybridized carbons (Fsp3) is 0.182. The van der Waals surface area contributed by atoms with Crippen LogP contribution in [0.2, 0.25) is 0 Å². The molecule has 0 spiro atoms. The second-order valence-corrected chi connectivity index (χ2v) is 4.07. The third-order valence-electron chi connectivity index (χ3n) is 2.34. The quantitative estimate of drug-likeness (QED) is 0.700. The van der Waals surface area contributed by atoms with E-state index < -0.39 is 12.0 Å². The molecule has 1 heterocycles. The van der Waals surface area contributed by atoms with Crippen molar-refractivity contribution in [1.82, 2.24) is 14.9 Å². The van der Waals surface area contributed by atoms with Crippen molar-refractivity contribution < 1.29 is 17.9 Å². The molecule has 2 rings (SSSR count). The van der Waals surface area contributed by atoms with Gasteiger partial charge >= 0.3 is 6.18 Å². The second kappa shape index (κ2) is 5.45. The predicted octanol–water partition coefficient (Wildman–Crippen LogP) is 2.85. The van der Waals surface area contributed by atoms with Crippen LogP contribution in [0.15, 0.2) is 29.4 Å². The Bertz CT molecular complexity index is 672. The highest BCUT2D eigenvalue weighted by Gasteiger charge is 2.37. The summed E-state index contributed by atoms with van der Waals surface area (Å²) < 4.78 is 43.2. The van der Waals surface area contributed by atoms with Crippen LogP contribution in [0.25, 0.3) is 0 Å². The first-order chi connectivity index (χ1) is 9.41. The molecule has 9 heteroatoms. The summed E-state index contributed by atoms with van der Waals surface area (Å²) in [7, 11) is 1.52. The number of hydrogen-bond acceptors (Lipinski definition) is 4. The van der Waals surface area contributed by atoms with E-state index in [1.165, 1.54) is 13.3 Å². The summed E-state index contributed by atoms with van der Waals surface area (Å²) in [6.07, 6.45) is -3.38. The lowest BCUT2D eigenvalue weighted by molar-refractivity contribution is -0.147. The van der Waals surface area contributed by atoms with Crippen LogP contribution < -0.4 is 4.74 Å². The molecular weight excluding hydrogens is 293 g/mol. The molecule has 0 unspecified atom stereocenters. The molecule has 0 aliphatic rings. The molecule has 0 radical (unpaired) electrons. The summed E-state index contributed by atoms with van der Waals surface area (Å²) in [4.78, 5) is 0. The zero-order valence-electron chi connectivity index (χ0n) is 10.2. The number of alkyl halides is 3. The first-order valence-electron chi connectivity index (χ1n) is 5.35. The zero-order valence-corrected chi connectivity index (χ0v) is 11.0. The molecule has 20 heavy (non-hydrogen) atoms. The van der Waals surface area contributed by atoms with E-state index in [1.54, 1.807) is 24.3 Å². The molecule has 106 valence electrons. The van der Waals surface area contributed by atoms with Crippen molar-refractivity contribution >= 4 is 18.4 Å². The van der Waals surface area contributed by atoms with Crippen LogP contribution in [-0.2, 0) is 6.18 Å². The van der Waals surface area contributed by atoms with Gasteiger partial charge in [0.1, 0.15) is 5.75 Å². The summed E-state index contributed by atoms with van der Waals surface area (Å²) >= 11 is 4.71. The maximum Gasteiger partial charge on any atom is 0.453 e. The second-order valence-electron chi connectivity index (χ2n) is 3.68. The molecule has 0 aliphatic carbocycles. The smallest absolute Gasteiger partial charge is 0.453 e. The van der Waals surface area contributed by atoms with Crippen LogP contribution in [0, 0.1) is 4.77 Å². The standard InChI is InChI=1S/C11H9F3N4OS/c1-19-8-4-2-7(3-5-8)6-15-18-9(11(12,13)14)16-17-10(18)20/h2-6H,1H3,(H,17,20). The molecule has 1 N–H and O–H groups in total. The Kier molecular flexibility index (Phi) is 3.89. The number of rotatable bonds is 3. The summed E-state index contributed by atoms with van der Waals surface area (Å²) in [6.45, 7) is 0. The molecule has 0 atom stereocenters. The van der Waals surface area contributed by atoms with Crippen molar-refractivity contribution in [3.8, 4) is 5.75 Å². The van der Waals surface area contributed by atoms with Gasteiger partial charge in [0.05, 0.1) is 13.3 Å². The number of hydrogen-bond donors (Lipinski definition) is 1. The fourth-order valence-corrected chi connectivity index (χ4v) is 1.58. The summed E-state index contributed by atoms with van der Waals surface area (Å²) in [6, 6.07) is 6.64. The molecular formula is C11H9F3N4OS. The van der Waals surface area contributed by atoms with E-state index >= 15 is 0 Å². The van der Waals surface area contributed by atoms with E-state index in [0.717, 1.165) is 0 Å². The molecule has 5 nitrogen and oxygen atoms in total. The lowest BCUT2D eigenvalue weighted by Gasteiger charge is -2.04. The number of nitrogens with zero attached hydrogens (tertiary/aromatic N) is 3. The number of H-pyrrole nitrogens is 1. The minimum atomic E-state index is -4.63. The molecule has 0 saturated carbocycles. The Morgan fingerprint density at radius 1 is 1.35 bits per heavy atom. The maximum absolute atomic E-state index is 12.6. The lowest BCUT2D eigenvalue weighted by Crippen LogP contribution is -2.12. The fourth-order valence-electron chi connectivity index (χ4n) is 1.40. The van der Waals surface area contributed by atoms with Crippen molar-refractivity contribution in [3.05, 3.63) is 40.4 Å². The molecule has 1 aromatic carbocycles. The Balaban J connectivity index is 2.31. The largest absolute Gasteiger partial charge is 0.497 e. The average Bonchev–Trinajstić information content (AvgIpc) is 2.78. The van der Waals surface area contributed by atoms with Gasteiger partial charge in [-0.3, -0.25) is 0 Å². The van der Waals surface area contributed by atoms with E-state index in [9.17, 15) is 13.2 Å². The van der Waals surface area contributed by atoms with Gasteiger partial charge in [0, 0.05) is 0 Å². The number of halogens is 3. The summed E-state index contributed by atoms with van der Waals surface area (Å²) in [5.41, 5.74) is 0.599. The van der Waals surface area contributed by atoms with Gasteiger partial charge in [0.25, 0.3) is 5.82 Å². The van der Waals surface area contributed by atoms with Gasteiger partial charge in [-0.1, -0.05) is 0 Å². The van der Waals surface area contributed by atoms with Crippen LogP contribution in [-0.4, -0.2) is 28.2 Å². The Morgan fingerprint density at radius 2 is 2.00 bits per heavy atom. The van der Waals surface area contributed by atoms with E-state index in [-0.39, 0.29) is 4.77 Å². The van der Waals surface area contributed by atoms with Gasteiger partial charge < -0.3 is 4.74 Å². The van der Waals surface area contributed by atoms with Gasteiger partial charge in [-0.05, 0) is 42.0 Å². The third-order valence-corrected chi connectivity index (χ3v) is 2.61. The molecule has 0 bridgehead atoms. The van der Waals surface area contributed by atoms with Crippen molar-refractivity contribution in [2.75, 3.05) is 7.11 Å². The Morgan fingerprint density at radius 3 is 2.55 bits per heavy atom. The van der Waals surface area contributed by atoms with Crippen LogP contribution >= 0.6 is 12.2 Å². The minimum Gasteiger partial charge on any atom is -0.497 e. The normalized spacial score (nSPS) is 12.0. The molecule has 2 aromatic rings. The first-order valence-corrected chi connectivity index (χ1v) is 5.75. The van der Waals surface area contributed by atoms with E-state index in [2.05, 4.69) is 15.3 Å². The summed E-state index contributed by atoms with van der Waals surface area (Å²) in [5, 5.41) is 8.86. The van der Waals surface area contributed by atoms with Crippen molar-refractivity contribution in [1.29, 1.82) is 0 Å². The van der Waals surface area contributed by atoms with Crippen LogP contribution in [0.3, 0.4) is 0 Å². The van der Waals surface area contributed by atoms with Gasteiger partial charge in [-0.2, -0.15) is 22.9 Å². The monoisotopic (exact) mass is 302 g/mol. The highest BCUT2D eigenvalue weighted by Crippen LogP contribution is 2.27. The SMILES string of the molecule is COc1ccc(C=Nn2c(C(F)(F)F)n[nH]c2=S)cc1. The molecule has 0 fully saturated rings. The molecule has 0 amide bonds. The average molecular weight is 302 g/mol. The van der Waals surface area contributed by atoms with Crippen molar-refractivity contribution in [2.45, 2.75) is 6.18 Å². The van der Waals surface area contributed by atoms with Crippen LogP contribution in [0.5, 0.6) is 5.75 Å². The van der Waals surface area contributed by atoms with Crippen LogP contribution in [0.1, 0.15) is 11.4 Å².